The van der Waals surface area contributed by atoms with Crippen LogP contribution < -0.4 is 16.0 Å². The molecule has 9 heteroatoms. The average molecular weight is 388 g/mol. The lowest BCUT2D eigenvalue weighted by Crippen LogP contribution is -2.38. The first kappa shape index (κ1) is 18.8. The number of carbonyl (C=O) groups excluding carboxylic acids is 2. The number of hydrogen-bond acceptors (Lipinski definition) is 5. The Morgan fingerprint density at radius 3 is 2.63 bits per heavy atom. The van der Waals surface area contributed by atoms with Gasteiger partial charge in [0.15, 0.2) is 9.84 Å². The van der Waals surface area contributed by atoms with E-state index in [2.05, 4.69) is 20.9 Å². The summed E-state index contributed by atoms with van der Waals surface area (Å²) in [7, 11) is -3.06. The van der Waals surface area contributed by atoms with Crippen LogP contribution in [0.15, 0.2) is 48.8 Å². The van der Waals surface area contributed by atoms with Crippen LogP contribution in [0.1, 0.15) is 22.3 Å². The van der Waals surface area contributed by atoms with Crippen molar-refractivity contribution >= 4 is 27.5 Å². The number of rotatable bonds is 5. The van der Waals surface area contributed by atoms with Gasteiger partial charge in [-0.3, -0.25) is 9.78 Å². The lowest BCUT2D eigenvalue weighted by atomic mass is 10.2. The number of nitrogens with one attached hydrogen (secondary N) is 3. The van der Waals surface area contributed by atoms with Gasteiger partial charge in [0, 0.05) is 36.2 Å². The Kier molecular flexibility index (Phi) is 5.70. The molecule has 1 fully saturated rings. The fraction of sp³-hybridized carbons (Fsp3) is 0.278. The fourth-order valence-electron chi connectivity index (χ4n) is 2.78. The molecule has 1 saturated heterocycles. The van der Waals surface area contributed by atoms with Crippen molar-refractivity contribution in [1.82, 2.24) is 15.6 Å². The third kappa shape index (κ3) is 5.52. The monoisotopic (exact) mass is 388 g/mol. The number of hydrogen-bond donors (Lipinski definition) is 3. The lowest BCUT2D eigenvalue weighted by molar-refractivity contribution is 0.0951. The Morgan fingerprint density at radius 1 is 1.15 bits per heavy atom. The maximum absolute atomic E-state index is 12.3. The molecule has 3 rings (SSSR count). The van der Waals surface area contributed by atoms with Gasteiger partial charge in [-0.1, -0.05) is 6.07 Å². The Bertz CT molecular complexity index is 931. The average Bonchev–Trinajstić information content (AvgIpc) is 2.99. The van der Waals surface area contributed by atoms with E-state index < -0.39 is 15.9 Å². The van der Waals surface area contributed by atoms with Crippen molar-refractivity contribution in [2.45, 2.75) is 19.0 Å². The van der Waals surface area contributed by atoms with Crippen LogP contribution in [0.5, 0.6) is 0 Å². The summed E-state index contributed by atoms with van der Waals surface area (Å²) >= 11 is 0. The lowest BCUT2D eigenvalue weighted by Gasteiger charge is -2.13. The van der Waals surface area contributed by atoms with Crippen LogP contribution in [-0.2, 0) is 16.4 Å². The maximum atomic E-state index is 12.3. The van der Waals surface area contributed by atoms with Gasteiger partial charge < -0.3 is 16.0 Å². The molecule has 0 radical (unpaired) electrons. The summed E-state index contributed by atoms with van der Waals surface area (Å²) < 4.78 is 22.9. The summed E-state index contributed by atoms with van der Waals surface area (Å²) in [5.41, 5.74) is 1.79. The minimum Gasteiger partial charge on any atom is -0.348 e. The van der Waals surface area contributed by atoms with E-state index in [9.17, 15) is 18.0 Å². The Labute approximate surface area is 157 Å². The number of aromatic nitrogens is 1. The van der Waals surface area contributed by atoms with E-state index in [1.54, 1.807) is 36.7 Å². The highest BCUT2D eigenvalue weighted by molar-refractivity contribution is 7.91. The van der Waals surface area contributed by atoms with E-state index in [0.29, 0.717) is 24.2 Å². The van der Waals surface area contributed by atoms with Crippen LogP contribution in [0.25, 0.3) is 0 Å². The van der Waals surface area contributed by atoms with Gasteiger partial charge in [0.1, 0.15) is 0 Å². The van der Waals surface area contributed by atoms with E-state index in [-0.39, 0.29) is 23.5 Å². The van der Waals surface area contributed by atoms with E-state index >= 15 is 0 Å². The summed E-state index contributed by atoms with van der Waals surface area (Å²) in [6.45, 7) is 0.371. The second kappa shape index (κ2) is 8.17. The highest BCUT2D eigenvalue weighted by Crippen LogP contribution is 2.13. The van der Waals surface area contributed by atoms with Crippen LogP contribution in [0, 0.1) is 0 Å². The van der Waals surface area contributed by atoms with E-state index in [0.717, 1.165) is 5.56 Å². The summed E-state index contributed by atoms with van der Waals surface area (Å²) in [4.78, 5) is 28.3. The first-order valence-corrected chi connectivity index (χ1v) is 10.3. The Hall–Kier alpha value is -2.94. The van der Waals surface area contributed by atoms with Crippen molar-refractivity contribution < 1.29 is 18.0 Å². The Balaban J connectivity index is 1.55. The molecule has 0 spiro atoms. The van der Waals surface area contributed by atoms with Gasteiger partial charge in [0.05, 0.1) is 11.5 Å². The van der Waals surface area contributed by atoms with Gasteiger partial charge in [-0.15, -0.1) is 0 Å². The molecule has 1 aliphatic heterocycles. The summed E-state index contributed by atoms with van der Waals surface area (Å²) in [5.74, 6) is -0.221. The van der Waals surface area contributed by atoms with Crippen LogP contribution in [-0.4, -0.2) is 42.9 Å². The van der Waals surface area contributed by atoms with Crippen LogP contribution >= 0.6 is 0 Å². The number of amides is 3. The molecule has 1 aromatic carbocycles. The summed E-state index contributed by atoms with van der Waals surface area (Å²) in [6, 6.07) is 9.27. The predicted octanol–water partition coefficient (Wildman–Crippen LogP) is 1.32. The van der Waals surface area contributed by atoms with Crippen molar-refractivity contribution in [2.24, 2.45) is 0 Å². The minimum atomic E-state index is -3.06. The SMILES string of the molecule is O=C(Nc1cccc(C(=O)NCc2ccncc2)c1)NC1CCS(=O)(=O)C1. The van der Waals surface area contributed by atoms with Gasteiger partial charge in [0.2, 0.25) is 0 Å². The normalized spacial score (nSPS) is 17.9. The largest absolute Gasteiger partial charge is 0.348 e. The molecule has 8 nitrogen and oxygen atoms in total. The van der Waals surface area contributed by atoms with Gasteiger partial charge >= 0.3 is 6.03 Å². The van der Waals surface area contributed by atoms with Crippen molar-refractivity contribution in [3.8, 4) is 0 Å². The van der Waals surface area contributed by atoms with Crippen LogP contribution in [0.3, 0.4) is 0 Å². The van der Waals surface area contributed by atoms with Crippen molar-refractivity contribution in [3.63, 3.8) is 0 Å². The Morgan fingerprint density at radius 2 is 1.93 bits per heavy atom. The molecule has 0 bridgehead atoms. The summed E-state index contributed by atoms with van der Waals surface area (Å²) in [5, 5.41) is 8.08. The molecule has 1 aromatic heterocycles. The molecule has 2 heterocycles. The minimum absolute atomic E-state index is 0.0438. The number of pyridine rings is 1. The zero-order valence-electron chi connectivity index (χ0n) is 14.5. The third-order valence-corrected chi connectivity index (χ3v) is 5.92. The standard InChI is InChI=1S/C18H20N4O4S/c23-17(20-11-13-4-7-19-8-5-13)14-2-1-3-15(10-14)21-18(24)22-16-6-9-27(25,26)12-16/h1-5,7-8,10,16H,6,9,11-12H2,(H,20,23)(H2,21,22,24). The fourth-order valence-corrected chi connectivity index (χ4v) is 4.46. The molecule has 1 unspecified atom stereocenters. The molecule has 2 aromatic rings. The first-order valence-electron chi connectivity index (χ1n) is 8.46. The number of sulfone groups is 1. The zero-order valence-corrected chi connectivity index (χ0v) is 15.3. The molecule has 27 heavy (non-hydrogen) atoms. The molecule has 1 atom stereocenters. The van der Waals surface area contributed by atoms with Crippen molar-refractivity contribution in [2.75, 3.05) is 16.8 Å². The van der Waals surface area contributed by atoms with Gasteiger partial charge in [-0.2, -0.15) is 0 Å². The third-order valence-electron chi connectivity index (χ3n) is 4.15. The molecule has 0 saturated carbocycles. The topological polar surface area (TPSA) is 117 Å². The second-order valence-electron chi connectivity index (χ2n) is 6.32. The molecule has 3 amide bonds. The highest BCUT2D eigenvalue weighted by Gasteiger charge is 2.28. The van der Waals surface area contributed by atoms with Crippen LogP contribution in [0.4, 0.5) is 10.5 Å². The number of benzene rings is 1. The molecule has 1 aliphatic rings. The number of carbonyl (C=O) groups is 2. The number of urea groups is 1. The van der Waals surface area contributed by atoms with E-state index in [1.165, 1.54) is 0 Å². The molecular formula is C18H20N4O4S. The molecule has 3 N–H and O–H groups in total. The maximum Gasteiger partial charge on any atom is 0.319 e. The quantitative estimate of drug-likeness (QED) is 0.714. The molecule has 142 valence electrons. The van der Waals surface area contributed by atoms with Gasteiger partial charge in [-0.05, 0) is 42.3 Å². The van der Waals surface area contributed by atoms with E-state index in [4.69, 9.17) is 0 Å². The number of anilines is 1. The van der Waals surface area contributed by atoms with E-state index in [1.807, 2.05) is 12.1 Å². The molecular weight excluding hydrogens is 368 g/mol. The first-order chi connectivity index (χ1) is 12.9. The molecule has 0 aliphatic carbocycles. The summed E-state index contributed by atoms with van der Waals surface area (Å²) in [6.07, 6.45) is 3.72. The van der Waals surface area contributed by atoms with Gasteiger partial charge in [-0.25, -0.2) is 13.2 Å². The van der Waals surface area contributed by atoms with Crippen molar-refractivity contribution in [1.29, 1.82) is 0 Å². The second-order valence-corrected chi connectivity index (χ2v) is 8.55. The predicted molar refractivity (Wildman–Crippen MR) is 101 cm³/mol. The zero-order chi connectivity index (χ0) is 19.3. The van der Waals surface area contributed by atoms with Crippen LogP contribution in [0.2, 0.25) is 0 Å². The van der Waals surface area contributed by atoms with Crippen molar-refractivity contribution in [3.05, 3.63) is 59.9 Å². The smallest absolute Gasteiger partial charge is 0.319 e. The highest BCUT2D eigenvalue weighted by atomic mass is 32.2. The van der Waals surface area contributed by atoms with Gasteiger partial charge in [0.25, 0.3) is 5.91 Å². The number of nitrogens with zero attached hydrogens (tertiary/aromatic N) is 1.